The van der Waals surface area contributed by atoms with Gasteiger partial charge in [-0.1, -0.05) is 90.6 Å². The third-order valence-electron chi connectivity index (χ3n) is 4.85. The summed E-state index contributed by atoms with van der Waals surface area (Å²) in [5.74, 6) is 0.223. The molecule has 1 heterocycles. The Balaban J connectivity index is 1.77. The Hall–Kier alpha value is -2.52. The minimum absolute atomic E-state index is 0.223. The molecule has 1 atom stereocenters. The van der Waals surface area contributed by atoms with E-state index in [1.54, 1.807) is 11.8 Å². The first-order valence-corrected chi connectivity index (χ1v) is 9.74. The zero-order valence-electron chi connectivity index (χ0n) is 14.5. The van der Waals surface area contributed by atoms with Gasteiger partial charge in [0.15, 0.2) is 0 Å². The smallest absolute Gasteiger partial charge is 0.224 e. The highest BCUT2D eigenvalue weighted by Gasteiger charge is 2.47. The Morgan fingerprint density at radius 2 is 1.38 bits per heavy atom. The van der Waals surface area contributed by atoms with Gasteiger partial charge in [0.05, 0.1) is 0 Å². The quantitative estimate of drug-likeness (QED) is 0.603. The Morgan fingerprint density at radius 1 is 0.808 bits per heavy atom. The fourth-order valence-corrected chi connectivity index (χ4v) is 4.99. The van der Waals surface area contributed by atoms with Crippen LogP contribution in [0.1, 0.15) is 24.0 Å². The molecule has 1 aliphatic heterocycles. The summed E-state index contributed by atoms with van der Waals surface area (Å²) in [7, 11) is 0. The molecule has 0 aliphatic carbocycles. The maximum atomic E-state index is 12.9. The highest BCUT2D eigenvalue weighted by atomic mass is 32.2. The minimum atomic E-state index is -0.366. The van der Waals surface area contributed by atoms with E-state index in [9.17, 15) is 4.79 Å². The van der Waals surface area contributed by atoms with Crippen molar-refractivity contribution < 1.29 is 4.79 Å². The third kappa shape index (κ3) is 3.27. The molecule has 0 bridgehead atoms. The highest BCUT2D eigenvalue weighted by molar-refractivity contribution is 8.00. The standard InChI is InChI=1S/C23H21NOS/c25-22-16-17-23(20-12-6-2-7-13-20,26-21-14-8-3-9-15-21)24(22)18-19-10-4-1-5-11-19/h1-15H,16-18H2. The molecule has 3 heteroatoms. The summed E-state index contributed by atoms with van der Waals surface area (Å²) in [4.78, 5) is 15.8. The van der Waals surface area contributed by atoms with Gasteiger partial charge in [0.2, 0.25) is 5.91 Å². The van der Waals surface area contributed by atoms with Gasteiger partial charge in [-0.05, 0) is 29.7 Å². The van der Waals surface area contributed by atoms with E-state index in [4.69, 9.17) is 0 Å². The fourth-order valence-electron chi connectivity index (χ4n) is 3.58. The Kier molecular flexibility index (Phi) is 4.81. The van der Waals surface area contributed by atoms with Crippen LogP contribution in [0.2, 0.25) is 0 Å². The van der Waals surface area contributed by atoms with Crippen LogP contribution in [0.3, 0.4) is 0 Å². The van der Waals surface area contributed by atoms with Gasteiger partial charge in [-0.3, -0.25) is 4.79 Å². The van der Waals surface area contributed by atoms with Crippen molar-refractivity contribution in [1.82, 2.24) is 4.90 Å². The molecule has 0 N–H and O–H groups in total. The number of carbonyl (C=O) groups is 1. The molecule has 1 saturated heterocycles. The lowest BCUT2D eigenvalue weighted by Gasteiger charge is -2.38. The van der Waals surface area contributed by atoms with E-state index in [0.717, 1.165) is 12.0 Å². The van der Waals surface area contributed by atoms with Crippen LogP contribution in [0.25, 0.3) is 0 Å². The Labute approximate surface area is 158 Å². The van der Waals surface area contributed by atoms with Crippen molar-refractivity contribution in [2.75, 3.05) is 0 Å². The molecule has 26 heavy (non-hydrogen) atoms. The molecular formula is C23H21NOS. The van der Waals surface area contributed by atoms with Crippen LogP contribution in [0.15, 0.2) is 95.9 Å². The van der Waals surface area contributed by atoms with Crippen LogP contribution in [0.4, 0.5) is 0 Å². The van der Waals surface area contributed by atoms with Gasteiger partial charge < -0.3 is 4.90 Å². The summed E-state index contributed by atoms with van der Waals surface area (Å²) in [6.07, 6.45) is 1.41. The average Bonchev–Trinajstić information content (AvgIpc) is 3.01. The van der Waals surface area contributed by atoms with Crippen molar-refractivity contribution in [2.24, 2.45) is 0 Å². The van der Waals surface area contributed by atoms with Gasteiger partial charge in [0.25, 0.3) is 0 Å². The summed E-state index contributed by atoms with van der Waals surface area (Å²) in [5, 5.41) is 0. The van der Waals surface area contributed by atoms with Gasteiger partial charge >= 0.3 is 0 Å². The molecule has 130 valence electrons. The first-order chi connectivity index (χ1) is 12.8. The predicted molar refractivity (Wildman–Crippen MR) is 107 cm³/mol. The number of benzene rings is 3. The number of hydrogen-bond donors (Lipinski definition) is 0. The average molecular weight is 359 g/mol. The second-order valence-corrected chi connectivity index (χ2v) is 7.88. The largest absolute Gasteiger partial charge is 0.319 e. The molecule has 1 fully saturated rings. The lowest BCUT2D eigenvalue weighted by Crippen LogP contribution is -2.40. The SMILES string of the molecule is O=C1CCC(Sc2ccccc2)(c2ccccc2)N1Cc1ccccc1. The van der Waals surface area contributed by atoms with Crippen LogP contribution >= 0.6 is 11.8 Å². The van der Waals surface area contributed by atoms with Crippen LogP contribution in [0.5, 0.6) is 0 Å². The number of amides is 1. The fraction of sp³-hybridized carbons (Fsp3) is 0.174. The lowest BCUT2D eigenvalue weighted by molar-refractivity contribution is -0.130. The number of thioether (sulfide) groups is 1. The van der Waals surface area contributed by atoms with E-state index in [-0.39, 0.29) is 10.8 Å². The first-order valence-electron chi connectivity index (χ1n) is 8.92. The zero-order valence-corrected chi connectivity index (χ0v) is 15.4. The van der Waals surface area contributed by atoms with Crippen molar-refractivity contribution in [3.63, 3.8) is 0 Å². The van der Waals surface area contributed by atoms with Crippen molar-refractivity contribution in [1.29, 1.82) is 0 Å². The van der Waals surface area contributed by atoms with Crippen molar-refractivity contribution in [3.8, 4) is 0 Å². The lowest BCUT2D eigenvalue weighted by atomic mass is 10.0. The molecule has 1 aliphatic rings. The first kappa shape index (κ1) is 16.9. The molecular weight excluding hydrogens is 338 g/mol. The van der Waals surface area contributed by atoms with Gasteiger partial charge in [-0.2, -0.15) is 0 Å². The van der Waals surface area contributed by atoms with Crippen LogP contribution in [0, 0.1) is 0 Å². The number of rotatable bonds is 5. The number of nitrogens with zero attached hydrogens (tertiary/aromatic N) is 1. The summed E-state index contributed by atoms with van der Waals surface area (Å²) in [6.45, 7) is 0.633. The Morgan fingerprint density at radius 3 is 2.04 bits per heavy atom. The maximum Gasteiger partial charge on any atom is 0.224 e. The van der Waals surface area contributed by atoms with Crippen LogP contribution < -0.4 is 0 Å². The summed E-state index contributed by atoms with van der Waals surface area (Å²) >= 11 is 1.79. The van der Waals surface area contributed by atoms with E-state index in [1.165, 1.54) is 10.5 Å². The Bertz CT molecular complexity index is 866. The molecule has 0 saturated carbocycles. The molecule has 4 rings (SSSR count). The number of likely N-dealkylation sites (tertiary alicyclic amines) is 1. The third-order valence-corrected chi connectivity index (χ3v) is 6.36. The van der Waals surface area contributed by atoms with E-state index < -0.39 is 0 Å². The zero-order chi connectivity index (χ0) is 17.8. The second kappa shape index (κ2) is 7.38. The summed E-state index contributed by atoms with van der Waals surface area (Å²) in [5.41, 5.74) is 2.35. The van der Waals surface area contributed by atoms with Gasteiger partial charge in [0, 0.05) is 17.9 Å². The van der Waals surface area contributed by atoms with Gasteiger partial charge in [-0.15, -0.1) is 0 Å². The van der Waals surface area contributed by atoms with E-state index in [1.807, 2.05) is 30.3 Å². The monoisotopic (exact) mass is 359 g/mol. The molecule has 1 amide bonds. The number of hydrogen-bond acceptors (Lipinski definition) is 2. The molecule has 0 spiro atoms. The normalized spacial score (nSPS) is 19.7. The minimum Gasteiger partial charge on any atom is -0.319 e. The van der Waals surface area contributed by atoms with E-state index in [0.29, 0.717) is 13.0 Å². The van der Waals surface area contributed by atoms with Crippen LogP contribution in [-0.4, -0.2) is 10.8 Å². The summed E-state index contributed by atoms with van der Waals surface area (Å²) in [6, 6.07) is 31.1. The van der Waals surface area contributed by atoms with E-state index in [2.05, 4.69) is 65.6 Å². The molecule has 2 nitrogen and oxygen atoms in total. The molecule has 3 aromatic carbocycles. The molecule has 0 radical (unpaired) electrons. The summed E-state index contributed by atoms with van der Waals surface area (Å²) < 4.78 is 0. The topological polar surface area (TPSA) is 20.3 Å². The van der Waals surface area contributed by atoms with Crippen molar-refractivity contribution in [3.05, 3.63) is 102 Å². The van der Waals surface area contributed by atoms with Gasteiger partial charge in [0.1, 0.15) is 4.87 Å². The van der Waals surface area contributed by atoms with Crippen molar-refractivity contribution in [2.45, 2.75) is 29.2 Å². The number of carbonyl (C=O) groups excluding carboxylic acids is 1. The molecule has 0 aromatic heterocycles. The van der Waals surface area contributed by atoms with Crippen LogP contribution in [-0.2, 0) is 16.2 Å². The second-order valence-electron chi connectivity index (χ2n) is 6.53. The maximum absolute atomic E-state index is 12.9. The molecule has 3 aromatic rings. The van der Waals surface area contributed by atoms with Gasteiger partial charge in [-0.25, -0.2) is 0 Å². The highest BCUT2D eigenvalue weighted by Crippen LogP contribution is 2.51. The van der Waals surface area contributed by atoms with E-state index >= 15 is 0 Å². The van der Waals surface area contributed by atoms with Crippen molar-refractivity contribution >= 4 is 17.7 Å². The molecule has 1 unspecified atom stereocenters. The predicted octanol–water partition coefficient (Wildman–Crippen LogP) is 5.45.